The fourth-order valence-electron chi connectivity index (χ4n) is 1.32. The highest BCUT2D eigenvalue weighted by Gasteiger charge is 2.04. The molecule has 1 rings (SSSR count). The van der Waals surface area contributed by atoms with Crippen LogP contribution in [0.5, 0.6) is 0 Å². The Morgan fingerprint density at radius 2 is 2.06 bits per heavy atom. The minimum absolute atomic E-state index is 0.0979. The number of ketones is 1. The minimum atomic E-state index is 0.0979. The first kappa shape index (κ1) is 12.2. The molecule has 1 aromatic rings. The molecular weight excluding hydrogens is 204 g/mol. The summed E-state index contributed by atoms with van der Waals surface area (Å²) in [7, 11) is 0. The Morgan fingerprint density at radius 3 is 2.62 bits per heavy atom. The number of nitrogens with zero attached hydrogens (tertiary/aromatic N) is 3. The Morgan fingerprint density at radius 1 is 1.38 bits per heavy atom. The molecule has 0 saturated carbocycles. The highest BCUT2D eigenvalue weighted by Crippen LogP contribution is 2.09. The van der Waals surface area contributed by atoms with Crippen LogP contribution < -0.4 is 5.73 Å². The molecule has 0 aliphatic rings. The van der Waals surface area contributed by atoms with Crippen molar-refractivity contribution in [1.82, 2.24) is 0 Å². The third-order valence-electron chi connectivity index (χ3n) is 2.20. The van der Waals surface area contributed by atoms with Crippen molar-refractivity contribution in [2.75, 3.05) is 6.54 Å². The van der Waals surface area contributed by atoms with E-state index in [1.54, 1.807) is 24.3 Å². The van der Waals surface area contributed by atoms with Gasteiger partial charge in [0, 0.05) is 16.9 Å². The number of carbonyl (C=O) groups is 1. The number of Topliss-reactive ketones (excluding diaryl/α,β-unsaturated/α-hetero) is 1. The first-order valence-electron chi connectivity index (χ1n) is 5.11. The third-order valence-corrected chi connectivity index (χ3v) is 2.20. The summed E-state index contributed by atoms with van der Waals surface area (Å²) < 4.78 is 0. The molecule has 0 aromatic heterocycles. The van der Waals surface area contributed by atoms with Crippen molar-refractivity contribution in [2.45, 2.75) is 19.4 Å². The molecule has 16 heavy (non-hydrogen) atoms. The smallest absolute Gasteiger partial charge is 0.162 e. The topological polar surface area (TPSA) is 91.9 Å². The molecular formula is C11H14N4O. The summed E-state index contributed by atoms with van der Waals surface area (Å²) in [5, 5.41) is 3.45. The summed E-state index contributed by atoms with van der Waals surface area (Å²) in [6.45, 7) is 0.842. The van der Waals surface area contributed by atoms with Gasteiger partial charge in [-0.2, -0.15) is 0 Å². The molecule has 5 heteroatoms. The minimum Gasteiger partial charge on any atom is -0.330 e. The second-order valence-corrected chi connectivity index (χ2v) is 3.40. The van der Waals surface area contributed by atoms with E-state index in [-0.39, 0.29) is 5.78 Å². The van der Waals surface area contributed by atoms with E-state index in [9.17, 15) is 4.79 Å². The van der Waals surface area contributed by atoms with Gasteiger partial charge < -0.3 is 5.73 Å². The maximum absolute atomic E-state index is 11.6. The molecule has 0 heterocycles. The number of hydrogen-bond acceptors (Lipinski definition) is 3. The fourth-order valence-corrected chi connectivity index (χ4v) is 1.32. The molecule has 5 nitrogen and oxygen atoms in total. The average molecular weight is 218 g/mol. The van der Waals surface area contributed by atoms with Gasteiger partial charge in [-0.1, -0.05) is 29.4 Å². The van der Waals surface area contributed by atoms with Gasteiger partial charge in [0.2, 0.25) is 0 Å². The van der Waals surface area contributed by atoms with Gasteiger partial charge in [-0.05, 0) is 24.1 Å². The van der Waals surface area contributed by atoms with Crippen molar-refractivity contribution < 1.29 is 4.79 Å². The molecule has 0 bridgehead atoms. The van der Waals surface area contributed by atoms with Gasteiger partial charge in [0.15, 0.2) is 5.78 Å². The molecule has 0 unspecified atom stereocenters. The van der Waals surface area contributed by atoms with Crippen LogP contribution >= 0.6 is 0 Å². The molecule has 0 aliphatic heterocycles. The molecule has 0 atom stereocenters. The van der Waals surface area contributed by atoms with E-state index in [4.69, 9.17) is 11.3 Å². The summed E-state index contributed by atoms with van der Waals surface area (Å²) in [6, 6.07) is 7.09. The van der Waals surface area contributed by atoms with E-state index in [0.717, 1.165) is 5.56 Å². The molecule has 84 valence electrons. The Balaban J connectivity index is 2.63. The van der Waals surface area contributed by atoms with E-state index < -0.39 is 0 Å². The highest BCUT2D eigenvalue weighted by atomic mass is 16.1. The zero-order valence-corrected chi connectivity index (χ0v) is 8.97. The summed E-state index contributed by atoms with van der Waals surface area (Å²) in [5.74, 6) is 0.0979. The van der Waals surface area contributed by atoms with Gasteiger partial charge in [0.05, 0.1) is 6.54 Å². The number of nitrogens with two attached hydrogens (primary N) is 1. The molecule has 0 radical (unpaired) electrons. The fraction of sp³-hybridized carbons (Fsp3) is 0.364. The zero-order chi connectivity index (χ0) is 11.8. The average Bonchev–Trinajstić information content (AvgIpc) is 2.34. The van der Waals surface area contributed by atoms with Crippen LogP contribution in [-0.4, -0.2) is 12.3 Å². The van der Waals surface area contributed by atoms with Crippen molar-refractivity contribution in [1.29, 1.82) is 0 Å². The van der Waals surface area contributed by atoms with Crippen LogP contribution in [0.15, 0.2) is 29.4 Å². The molecule has 0 amide bonds. The lowest BCUT2D eigenvalue weighted by atomic mass is 10.0. The van der Waals surface area contributed by atoms with Gasteiger partial charge in [-0.3, -0.25) is 4.79 Å². The van der Waals surface area contributed by atoms with E-state index in [1.165, 1.54) is 0 Å². The first-order valence-corrected chi connectivity index (χ1v) is 5.11. The summed E-state index contributed by atoms with van der Waals surface area (Å²) in [4.78, 5) is 14.3. The van der Waals surface area contributed by atoms with Gasteiger partial charge in [0.25, 0.3) is 0 Å². The zero-order valence-electron chi connectivity index (χ0n) is 8.97. The first-order chi connectivity index (χ1) is 7.77. The Kier molecular flexibility index (Phi) is 5.05. The highest BCUT2D eigenvalue weighted by molar-refractivity contribution is 5.96. The van der Waals surface area contributed by atoms with Crippen molar-refractivity contribution in [3.8, 4) is 0 Å². The summed E-state index contributed by atoms with van der Waals surface area (Å²) >= 11 is 0. The predicted molar refractivity (Wildman–Crippen MR) is 61.9 cm³/mol. The maximum Gasteiger partial charge on any atom is 0.162 e. The molecule has 0 saturated heterocycles. The van der Waals surface area contributed by atoms with Crippen molar-refractivity contribution in [2.24, 2.45) is 10.8 Å². The Labute approximate surface area is 93.9 Å². The van der Waals surface area contributed by atoms with E-state index in [1.807, 2.05) is 0 Å². The van der Waals surface area contributed by atoms with Crippen molar-refractivity contribution >= 4 is 5.78 Å². The SMILES string of the molecule is [N-]=[N+]=NCc1ccc(C(=O)CCCN)cc1. The Hall–Kier alpha value is -1.84. The largest absolute Gasteiger partial charge is 0.330 e. The third kappa shape index (κ3) is 3.73. The number of hydrogen-bond donors (Lipinski definition) is 1. The second-order valence-electron chi connectivity index (χ2n) is 3.40. The van der Waals surface area contributed by atoms with E-state index in [0.29, 0.717) is 31.5 Å². The van der Waals surface area contributed by atoms with Gasteiger partial charge in [0.1, 0.15) is 0 Å². The number of azide groups is 1. The molecule has 2 N–H and O–H groups in total. The van der Waals surface area contributed by atoms with Crippen molar-refractivity contribution in [3.63, 3.8) is 0 Å². The molecule has 0 aliphatic carbocycles. The van der Waals surface area contributed by atoms with Crippen LogP contribution in [0.25, 0.3) is 10.4 Å². The number of benzene rings is 1. The molecule has 0 fully saturated rings. The number of rotatable bonds is 6. The number of carbonyl (C=O) groups excluding carboxylic acids is 1. The lowest BCUT2D eigenvalue weighted by Crippen LogP contribution is -2.04. The lowest BCUT2D eigenvalue weighted by molar-refractivity contribution is 0.0981. The van der Waals surface area contributed by atoms with Crippen LogP contribution in [0, 0.1) is 0 Å². The van der Waals surface area contributed by atoms with Gasteiger partial charge in [-0.25, -0.2) is 0 Å². The van der Waals surface area contributed by atoms with Crippen LogP contribution in [0.4, 0.5) is 0 Å². The maximum atomic E-state index is 11.6. The Bertz CT molecular complexity index is 393. The molecule has 1 aromatic carbocycles. The summed E-state index contributed by atoms with van der Waals surface area (Å²) in [5.41, 5.74) is 15.1. The van der Waals surface area contributed by atoms with Crippen LogP contribution in [0.2, 0.25) is 0 Å². The standard InChI is InChI=1S/C11H14N4O/c12-7-1-2-11(16)10-5-3-9(4-6-10)8-14-15-13/h3-6H,1-2,7-8,12H2. The molecule has 0 spiro atoms. The predicted octanol–water partition coefficient (Wildman–Crippen LogP) is 2.42. The van der Waals surface area contributed by atoms with Crippen LogP contribution in [0.3, 0.4) is 0 Å². The lowest BCUT2D eigenvalue weighted by Gasteiger charge is -2.01. The normalized spacial score (nSPS) is 9.56. The van der Waals surface area contributed by atoms with Gasteiger partial charge >= 0.3 is 0 Å². The van der Waals surface area contributed by atoms with Crippen molar-refractivity contribution in [3.05, 3.63) is 45.8 Å². The summed E-state index contributed by atoms with van der Waals surface area (Å²) in [6.07, 6.45) is 1.19. The van der Waals surface area contributed by atoms with E-state index in [2.05, 4.69) is 10.0 Å². The monoisotopic (exact) mass is 218 g/mol. The van der Waals surface area contributed by atoms with Crippen LogP contribution in [-0.2, 0) is 6.54 Å². The van der Waals surface area contributed by atoms with Gasteiger partial charge in [-0.15, -0.1) is 0 Å². The quantitative estimate of drug-likeness (QED) is 0.343. The van der Waals surface area contributed by atoms with Crippen LogP contribution in [0.1, 0.15) is 28.8 Å². The second kappa shape index (κ2) is 6.61. The van der Waals surface area contributed by atoms with E-state index >= 15 is 0 Å².